The summed E-state index contributed by atoms with van der Waals surface area (Å²) in [6.45, 7) is 2.45. The standard InChI is InChI=1S/C12H19NO5/c14-11(8-18-7-9-3-5-17-6-9)13-4-1-2-10(13)12(15)16/h9-10H,1-8H2,(H,15,16)/t9?,10-/m1/s1. The Morgan fingerprint density at radius 2 is 2.22 bits per heavy atom. The van der Waals surface area contributed by atoms with Crippen molar-refractivity contribution in [1.82, 2.24) is 4.90 Å². The molecule has 0 aliphatic carbocycles. The lowest BCUT2D eigenvalue weighted by molar-refractivity contribution is -0.150. The first-order valence-electron chi connectivity index (χ1n) is 6.36. The molecule has 1 N–H and O–H groups in total. The summed E-state index contributed by atoms with van der Waals surface area (Å²) in [6.07, 6.45) is 2.26. The highest BCUT2D eigenvalue weighted by Crippen LogP contribution is 2.18. The van der Waals surface area contributed by atoms with Gasteiger partial charge in [-0.15, -0.1) is 0 Å². The van der Waals surface area contributed by atoms with E-state index in [4.69, 9.17) is 14.6 Å². The molecule has 1 unspecified atom stereocenters. The zero-order chi connectivity index (χ0) is 13.0. The average Bonchev–Trinajstić information content (AvgIpc) is 2.99. The normalized spacial score (nSPS) is 27.7. The van der Waals surface area contributed by atoms with Crippen LogP contribution in [0.2, 0.25) is 0 Å². The molecule has 2 heterocycles. The molecule has 2 aliphatic heterocycles. The first-order valence-corrected chi connectivity index (χ1v) is 6.36. The van der Waals surface area contributed by atoms with Crippen molar-refractivity contribution in [3.63, 3.8) is 0 Å². The fourth-order valence-electron chi connectivity index (χ4n) is 2.43. The van der Waals surface area contributed by atoms with E-state index in [9.17, 15) is 9.59 Å². The molecule has 0 aromatic rings. The molecule has 1 amide bonds. The molecule has 0 aromatic carbocycles. The van der Waals surface area contributed by atoms with Gasteiger partial charge in [0.25, 0.3) is 0 Å². The van der Waals surface area contributed by atoms with Crippen LogP contribution in [0.15, 0.2) is 0 Å². The van der Waals surface area contributed by atoms with Crippen molar-refractivity contribution in [2.45, 2.75) is 25.3 Å². The van der Waals surface area contributed by atoms with Crippen LogP contribution in [0, 0.1) is 5.92 Å². The Morgan fingerprint density at radius 1 is 1.39 bits per heavy atom. The molecule has 0 bridgehead atoms. The lowest BCUT2D eigenvalue weighted by atomic mass is 10.1. The smallest absolute Gasteiger partial charge is 0.326 e. The minimum Gasteiger partial charge on any atom is -0.480 e. The fraction of sp³-hybridized carbons (Fsp3) is 0.833. The number of aliphatic carboxylic acids is 1. The first kappa shape index (κ1) is 13.3. The SMILES string of the molecule is O=C(O)[C@H]1CCCN1C(=O)COCC1CCOC1. The maximum Gasteiger partial charge on any atom is 0.326 e. The summed E-state index contributed by atoms with van der Waals surface area (Å²) in [4.78, 5) is 24.2. The maximum atomic E-state index is 11.8. The van der Waals surface area contributed by atoms with Crippen LogP contribution in [0.1, 0.15) is 19.3 Å². The average molecular weight is 257 g/mol. The molecule has 0 radical (unpaired) electrons. The largest absolute Gasteiger partial charge is 0.480 e. The number of hydrogen-bond acceptors (Lipinski definition) is 4. The van der Waals surface area contributed by atoms with Gasteiger partial charge in [-0.2, -0.15) is 0 Å². The third kappa shape index (κ3) is 3.20. The molecule has 0 saturated carbocycles. The summed E-state index contributed by atoms with van der Waals surface area (Å²) in [5.41, 5.74) is 0. The number of rotatable bonds is 5. The molecular weight excluding hydrogens is 238 g/mol. The number of carbonyl (C=O) groups is 2. The summed E-state index contributed by atoms with van der Waals surface area (Å²) in [7, 11) is 0. The molecule has 2 rings (SSSR count). The van der Waals surface area contributed by atoms with Gasteiger partial charge in [-0.25, -0.2) is 4.79 Å². The Kier molecular flexibility index (Phi) is 4.54. The van der Waals surface area contributed by atoms with Crippen LogP contribution in [0.25, 0.3) is 0 Å². The van der Waals surface area contributed by atoms with Crippen LogP contribution in [0.3, 0.4) is 0 Å². The molecule has 2 atom stereocenters. The van der Waals surface area contributed by atoms with Crippen molar-refractivity contribution >= 4 is 11.9 Å². The summed E-state index contributed by atoms with van der Waals surface area (Å²) >= 11 is 0. The van der Waals surface area contributed by atoms with Gasteiger partial charge in [0.15, 0.2) is 0 Å². The molecule has 0 aromatic heterocycles. The van der Waals surface area contributed by atoms with Gasteiger partial charge in [-0.05, 0) is 19.3 Å². The maximum absolute atomic E-state index is 11.8. The predicted molar refractivity (Wildman–Crippen MR) is 62.1 cm³/mol. The monoisotopic (exact) mass is 257 g/mol. The van der Waals surface area contributed by atoms with Gasteiger partial charge >= 0.3 is 5.97 Å². The summed E-state index contributed by atoms with van der Waals surface area (Å²) in [5.74, 6) is -0.782. The molecule has 2 fully saturated rings. The van der Waals surface area contributed by atoms with E-state index in [-0.39, 0.29) is 12.5 Å². The number of hydrogen-bond donors (Lipinski definition) is 1. The van der Waals surface area contributed by atoms with Crippen LogP contribution < -0.4 is 0 Å². The second-order valence-corrected chi connectivity index (χ2v) is 4.83. The number of ether oxygens (including phenoxy) is 2. The molecule has 0 spiro atoms. The lowest BCUT2D eigenvalue weighted by Crippen LogP contribution is -2.42. The van der Waals surface area contributed by atoms with E-state index >= 15 is 0 Å². The van der Waals surface area contributed by atoms with Crippen LogP contribution in [-0.4, -0.2) is 60.9 Å². The van der Waals surface area contributed by atoms with Crippen molar-refractivity contribution in [1.29, 1.82) is 0 Å². The molecule has 102 valence electrons. The minimum atomic E-state index is -0.926. The molecular formula is C12H19NO5. The number of carbonyl (C=O) groups excluding carboxylic acids is 1. The number of carboxylic acid groups (broad SMARTS) is 1. The second-order valence-electron chi connectivity index (χ2n) is 4.83. The Hall–Kier alpha value is -1.14. The predicted octanol–water partition coefficient (Wildman–Crippen LogP) is 0.115. The van der Waals surface area contributed by atoms with Crippen molar-refractivity contribution in [2.75, 3.05) is 33.0 Å². The van der Waals surface area contributed by atoms with Crippen molar-refractivity contribution in [2.24, 2.45) is 5.92 Å². The van der Waals surface area contributed by atoms with Gasteiger partial charge in [0, 0.05) is 19.1 Å². The van der Waals surface area contributed by atoms with Gasteiger partial charge in [-0.1, -0.05) is 0 Å². The Morgan fingerprint density at radius 3 is 2.89 bits per heavy atom. The Bertz CT molecular complexity index is 314. The van der Waals surface area contributed by atoms with Gasteiger partial charge in [0.1, 0.15) is 12.6 Å². The van der Waals surface area contributed by atoms with Crippen LogP contribution in [0.5, 0.6) is 0 Å². The van der Waals surface area contributed by atoms with Gasteiger partial charge in [0.2, 0.25) is 5.91 Å². The highest BCUT2D eigenvalue weighted by molar-refractivity contribution is 5.84. The van der Waals surface area contributed by atoms with Crippen LogP contribution in [-0.2, 0) is 19.1 Å². The van der Waals surface area contributed by atoms with Crippen LogP contribution >= 0.6 is 0 Å². The zero-order valence-corrected chi connectivity index (χ0v) is 10.3. The van der Waals surface area contributed by atoms with E-state index in [1.54, 1.807) is 0 Å². The van der Waals surface area contributed by atoms with Crippen LogP contribution in [0.4, 0.5) is 0 Å². The van der Waals surface area contributed by atoms with Gasteiger partial charge < -0.3 is 19.5 Å². The first-order chi connectivity index (χ1) is 8.68. The fourth-order valence-corrected chi connectivity index (χ4v) is 2.43. The molecule has 2 saturated heterocycles. The third-order valence-electron chi connectivity index (χ3n) is 3.46. The number of carboxylic acids is 1. The van der Waals surface area contributed by atoms with E-state index in [1.165, 1.54) is 4.90 Å². The number of amides is 1. The number of likely N-dealkylation sites (tertiary alicyclic amines) is 1. The van der Waals surface area contributed by atoms with Gasteiger partial charge in [-0.3, -0.25) is 4.79 Å². The van der Waals surface area contributed by atoms with Gasteiger partial charge in [0.05, 0.1) is 13.2 Å². The van der Waals surface area contributed by atoms with E-state index in [0.29, 0.717) is 32.1 Å². The third-order valence-corrected chi connectivity index (χ3v) is 3.46. The highest BCUT2D eigenvalue weighted by atomic mass is 16.5. The minimum absolute atomic E-state index is 0.0275. The summed E-state index contributed by atoms with van der Waals surface area (Å²) < 4.78 is 10.6. The lowest BCUT2D eigenvalue weighted by Gasteiger charge is -2.21. The summed E-state index contributed by atoms with van der Waals surface area (Å²) in [6, 6.07) is -0.670. The zero-order valence-electron chi connectivity index (χ0n) is 10.3. The molecule has 6 nitrogen and oxygen atoms in total. The molecule has 6 heteroatoms. The summed E-state index contributed by atoms with van der Waals surface area (Å²) in [5, 5.41) is 8.98. The van der Waals surface area contributed by atoms with E-state index < -0.39 is 12.0 Å². The molecule has 18 heavy (non-hydrogen) atoms. The Labute approximate surface area is 106 Å². The van der Waals surface area contributed by atoms with E-state index in [1.807, 2.05) is 0 Å². The topological polar surface area (TPSA) is 76.1 Å². The van der Waals surface area contributed by atoms with E-state index in [0.717, 1.165) is 19.4 Å². The van der Waals surface area contributed by atoms with Crippen molar-refractivity contribution < 1.29 is 24.2 Å². The van der Waals surface area contributed by atoms with Crippen molar-refractivity contribution in [3.8, 4) is 0 Å². The molecule has 2 aliphatic rings. The van der Waals surface area contributed by atoms with E-state index in [2.05, 4.69) is 0 Å². The van der Waals surface area contributed by atoms with Crippen molar-refractivity contribution in [3.05, 3.63) is 0 Å². The quantitative estimate of drug-likeness (QED) is 0.756. The number of nitrogens with zero attached hydrogens (tertiary/aromatic N) is 1. The second kappa shape index (κ2) is 6.15. The Balaban J connectivity index is 1.71. The highest BCUT2D eigenvalue weighted by Gasteiger charge is 2.33.